The van der Waals surface area contributed by atoms with Crippen LogP contribution < -0.4 is 5.32 Å². The van der Waals surface area contributed by atoms with Crippen molar-refractivity contribution in [1.29, 1.82) is 0 Å². The summed E-state index contributed by atoms with van der Waals surface area (Å²) < 4.78 is 1.70. The molecule has 0 unspecified atom stereocenters. The molecule has 0 radical (unpaired) electrons. The average Bonchev–Trinajstić information content (AvgIpc) is 2.64. The molecular formula is C15H26N4O. The number of carbonyl (C=O) groups excluding carboxylic acids is 1. The van der Waals surface area contributed by atoms with Gasteiger partial charge in [-0.05, 0) is 25.2 Å². The van der Waals surface area contributed by atoms with Gasteiger partial charge < -0.3 is 4.90 Å². The molecule has 1 fully saturated rings. The van der Waals surface area contributed by atoms with Crippen molar-refractivity contribution in [3.63, 3.8) is 0 Å². The lowest BCUT2D eigenvalue weighted by Gasteiger charge is -2.31. The molecular weight excluding hydrogens is 252 g/mol. The number of hydrogen-bond acceptors (Lipinski definition) is 2. The van der Waals surface area contributed by atoms with Gasteiger partial charge in [-0.1, -0.05) is 26.7 Å². The van der Waals surface area contributed by atoms with Gasteiger partial charge in [0.05, 0.1) is 0 Å². The van der Waals surface area contributed by atoms with Crippen molar-refractivity contribution in [1.82, 2.24) is 14.7 Å². The van der Waals surface area contributed by atoms with Crippen LogP contribution in [0.1, 0.15) is 46.0 Å². The summed E-state index contributed by atoms with van der Waals surface area (Å²) in [6.45, 7) is 5.30. The number of urea groups is 1. The summed E-state index contributed by atoms with van der Waals surface area (Å²) in [7, 11) is 1.85. The van der Waals surface area contributed by atoms with E-state index in [0.29, 0.717) is 17.8 Å². The van der Waals surface area contributed by atoms with E-state index in [4.69, 9.17) is 0 Å². The second kappa shape index (κ2) is 6.77. The number of amides is 2. The molecule has 1 aliphatic rings. The van der Waals surface area contributed by atoms with Gasteiger partial charge in [0.15, 0.2) is 5.82 Å². The van der Waals surface area contributed by atoms with Gasteiger partial charge in [-0.2, -0.15) is 5.10 Å². The summed E-state index contributed by atoms with van der Waals surface area (Å²) >= 11 is 0. The Labute approximate surface area is 121 Å². The van der Waals surface area contributed by atoms with E-state index in [-0.39, 0.29) is 6.03 Å². The fourth-order valence-electron chi connectivity index (χ4n) is 2.90. The standard InChI is InChI=1S/C15H26N4O/c1-12(2)11-13-7-5-4-6-9-19(13)15(20)16-14-8-10-18(3)17-14/h8,10,12-13H,4-7,9,11H2,1-3H3,(H,16,17,20)/t13-/m1/s1. The molecule has 1 N–H and O–H groups in total. The molecule has 112 valence electrons. The lowest BCUT2D eigenvalue weighted by Crippen LogP contribution is -2.43. The Morgan fingerprint density at radius 3 is 2.90 bits per heavy atom. The van der Waals surface area contributed by atoms with E-state index < -0.39 is 0 Å². The minimum absolute atomic E-state index is 0.00347. The Kier molecular flexibility index (Phi) is 5.04. The van der Waals surface area contributed by atoms with Crippen molar-refractivity contribution in [2.45, 2.75) is 52.0 Å². The van der Waals surface area contributed by atoms with Crippen LogP contribution in [0.3, 0.4) is 0 Å². The minimum Gasteiger partial charge on any atom is -0.322 e. The van der Waals surface area contributed by atoms with Crippen molar-refractivity contribution < 1.29 is 4.79 Å². The Morgan fingerprint density at radius 1 is 1.45 bits per heavy atom. The monoisotopic (exact) mass is 278 g/mol. The first-order valence-electron chi connectivity index (χ1n) is 7.63. The van der Waals surface area contributed by atoms with E-state index in [2.05, 4.69) is 24.3 Å². The highest BCUT2D eigenvalue weighted by Crippen LogP contribution is 2.23. The lowest BCUT2D eigenvalue weighted by atomic mass is 9.99. The SMILES string of the molecule is CC(C)C[C@H]1CCCCCN1C(=O)Nc1ccn(C)n1. The summed E-state index contributed by atoms with van der Waals surface area (Å²) in [5.41, 5.74) is 0. The van der Waals surface area contributed by atoms with Crippen LogP contribution in [0.15, 0.2) is 12.3 Å². The molecule has 1 saturated heterocycles. The molecule has 2 amide bonds. The van der Waals surface area contributed by atoms with Gasteiger partial charge in [0.25, 0.3) is 0 Å². The van der Waals surface area contributed by atoms with Crippen LogP contribution in [0.4, 0.5) is 10.6 Å². The van der Waals surface area contributed by atoms with Gasteiger partial charge in [0, 0.05) is 31.9 Å². The van der Waals surface area contributed by atoms with Crippen LogP contribution >= 0.6 is 0 Å². The van der Waals surface area contributed by atoms with Gasteiger partial charge in [0.2, 0.25) is 0 Å². The largest absolute Gasteiger partial charge is 0.323 e. The van der Waals surface area contributed by atoms with Gasteiger partial charge in [0.1, 0.15) is 0 Å². The number of anilines is 1. The predicted octanol–water partition coefficient (Wildman–Crippen LogP) is 3.24. The van der Waals surface area contributed by atoms with Crippen LogP contribution in [0.2, 0.25) is 0 Å². The fraction of sp³-hybridized carbons (Fsp3) is 0.733. The zero-order valence-corrected chi connectivity index (χ0v) is 12.8. The second-order valence-electron chi connectivity index (χ2n) is 6.13. The van der Waals surface area contributed by atoms with Crippen LogP contribution in [0, 0.1) is 5.92 Å². The molecule has 2 rings (SSSR count). The maximum absolute atomic E-state index is 12.5. The first-order chi connectivity index (χ1) is 9.56. The zero-order chi connectivity index (χ0) is 14.5. The van der Waals surface area contributed by atoms with E-state index in [1.165, 1.54) is 12.8 Å². The number of likely N-dealkylation sites (tertiary alicyclic amines) is 1. The Hall–Kier alpha value is -1.52. The maximum Gasteiger partial charge on any atom is 0.323 e. The molecule has 0 aromatic carbocycles. The molecule has 0 bridgehead atoms. The number of rotatable bonds is 3. The van der Waals surface area contributed by atoms with Crippen molar-refractivity contribution in [3.05, 3.63) is 12.3 Å². The topological polar surface area (TPSA) is 50.2 Å². The van der Waals surface area contributed by atoms with Crippen molar-refractivity contribution in [2.24, 2.45) is 13.0 Å². The van der Waals surface area contributed by atoms with Gasteiger partial charge in [-0.15, -0.1) is 0 Å². The summed E-state index contributed by atoms with van der Waals surface area (Å²) in [5, 5.41) is 7.13. The predicted molar refractivity (Wildman–Crippen MR) is 80.6 cm³/mol. The highest BCUT2D eigenvalue weighted by molar-refractivity contribution is 5.88. The third-order valence-electron chi connectivity index (χ3n) is 3.83. The Morgan fingerprint density at radius 2 is 2.25 bits per heavy atom. The molecule has 0 saturated carbocycles. The lowest BCUT2D eigenvalue weighted by molar-refractivity contribution is 0.178. The van der Waals surface area contributed by atoms with Crippen molar-refractivity contribution in [2.75, 3.05) is 11.9 Å². The number of hydrogen-bond donors (Lipinski definition) is 1. The quantitative estimate of drug-likeness (QED) is 0.922. The molecule has 2 heterocycles. The van der Waals surface area contributed by atoms with Crippen molar-refractivity contribution >= 4 is 11.8 Å². The zero-order valence-electron chi connectivity index (χ0n) is 12.8. The summed E-state index contributed by atoms with van der Waals surface area (Å²) in [5.74, 6) is 1.24. The van der Waals surface area contributed by atoms with E-state index in [9.17, 15) is 4.79 Å². The highest BCUT2D eigenvalue weighted by Gasteiger charge is 2.26. The summed E-state index contributed by atoms with van der Waals surface area (Å²) in [6.07, 6.45) is 7.59. The Bertz CT molecular complexity index is 441. The molecule has 0 aliphatic carbocycles. The van der Waals surface area contributed by atoms with Crippen LogP contribution in [0.25, 0.3) is 0 Å². The smallest absolute Gasteiger partial charge is 0.322 e. The van der Waals surface area contributed by atoms with Crippen LogP contribution in [-0.4, -0.2) is 33.3 Å². The number of nitrogens with one attached hydrogen (secondary N) is 1. The van der Waals surface area contributed by atoms with E-state index in [0.717, 1.165) is 25.8 Å². The van der Waals surface area contributed by atoms with E-state index >= 15 is 0 Å². The molecule has 1 atom stereocenters. The van der Waals surface area contributed by atoms with E-state index in [1.807, 2.05) is 24.2 Å². The van der Waals surface area contributed by atoms with E-state index in [1.54, 1.807) is 4.68 Å². The third kappa shape index (κ3) is 3.99. The minimum atomic E-state index is -0.00347. The van der Waals surface area contributed by atoms with Gasteiger partial charge in [-0.25, -0.2) is 4.79 Å². The van der Waals surface area contributed by atoms with Crippen molar-refractivity contribution in [3.8, 4) is 0 Å². The van der Waals surface area contributed by atoms with Crippen LogP contribution in [0.5, 0.6) is 0 Å². The fourth-order valence-corrected chi connectivity index (χ4v) is 2.90. The second-order valence-corrected chi connectivity index (χ2v) is 6.13. The first kappa shape index (κ1) is 14.9. The highest BCUT2D eigenvalue weighted by atomic mass is 16.2. The molecule has 1 aromatic heterocycles. The number of nitrogens with zero attached hydrogens (tertiary/aromatic N) is 3. The number of aromatic nitrogens is 2. The van der Waals surface area contributed by atoms with Crippen LogP contribution in [-0.2, 0) is 7.05 Å². The Balaban J connectivity index is 2.03. The average molecular weight is 278 g/mol. The van der Waals surface area contributed by atoms with Gasteiger partial charge >= 0.3 is 6.03 Å². The molecule has 0 spiro atoms. The molecule has 5 heteroatoms. The van der Waals surface area contributed by atoms with Gasteiger partial charge in [-0.3, -0.25) is 10.00 Å². The molecule has 5 nitrogen and oxygen atoms in total. The number of aryl methyl sites for hydroxylation is 1. The third-order valence-corrected chi connectivity index (χ3v) is 3.83. The first-order valence-corrected chi connectivity index (χ1v) is 7.63. The summed E-state index contributed by atoms with van der Waals surface area (Å²) in [4.78, 5) is 14.5. The maximum atomic E-state index is 12.5. The molecule has 1 aliphatic heterocycles. The molecule has 20 heavy (non-hydrogen) atoms. The normalized spacial score (nSPS) is 20.0. The summed E-state index contributed by atoms with van der Waals surface area (Å²) in [6, 6.07) is 2.19. The number of carbonyl (C=O) groups is 1. The molecule has 1 aromatic rings.